The van der Waals surface area contributed by atoms with Crippen molar-refractivity contribution in [1.29, 1.82) is 0 Å². The van der Waals surface area contributed by atoms with Gasteiger partial charge in [0.15, 0.2) is 0 Å². The number of thiol groups is 1. The molecule has 5 N–H and O–H groups in total. The van der Waals surface area contributed by atoms with Crippen LogP contribution < -0.4 is 5.32 Å². The van der Waals surface area contributed by atoms with E-state index in [2.05, 4.69) is 31.8 Å². The molecule has 0 spiro atoms. The first-order valence-electron chi connectivity index (χ1n) is 11.0. The van der Waals surface area contributed by atoms with Gasteiger partial charge in [0.05, 0.1) is 19.4 Å². The zero-order chi connectivity index (χ0) is 27.7. The number of hydrogen-bond donors (Lipinski definition) is 6. The SMILES string of the molecule is CC(C)C(O)C(O)C(O)C(C)O.CCC.CF.O=C(Nc1ccc(F)cc1)c1ccc(F)c(S)c1. The molecular weight excluding hydrogens is 483 g/mol. The predicted molar refractivity (Wildman–Crippen MR) is 136 cm³/mol. The van der Waals surface area contributed by atoms with E-state index >= 15 is 0 Å². The number of hydrogen-bond acceptors (Lipinski definition) is 6. The molecule has 0 saturated carbocycles. The van der Waals surface area contributed by atoms with Crippen LogP contribution in [0.3, 0.4) is 0 Å². The number of nitrogens with one attached hydrogen (secondary N) is 1. The molecule has 0 radical (unpaired) electrons. The van der Waals surface area contributed by atoms with Crippen molar-refractivity contribution in [3.05, 3.63) is 59.7 Å². The van der Waals surface area contributed by atoms with E-state index in [1.165, 1.54) is 55.8 Å². The smallest absolute Gasteiger partial charge is 0.255 e. The summed E-state index contributed by atoms with van der Waals surface area (Å²) < 4.78 is 35.2. The third-order valence-electron chi connectivity index (χ3n) is 4.19. The number of halogens is 3. The van der Waals surface area contributed by atoms with Gasteiger partial charge in [-0.2, -0.15) is 0 Å². The highest BCUT2D eigenvalue weighted by atomic mass is 32.1. The van der Waals surface area contributed by atoms with Crippen LogP contribution in [0.2, 0.25) is 0 Å². The molecule has 0 heterocycles. The largest absolute Gasteiger partial charge is 0.391 e. The van der Waals surface area contributed by atoms with Gasteiger partial charge in [0.25, 0.3) is 5.91 Å². The van der Waals surface area contributed by atoms with Crippen molar-refractivity contribution in [1.82, 2.24) is 0 Å². The maximum Gasteiger partial charge on any atom is 0.255 e. The summed E-state index contributed by atoms with van der Waals surface area (Å²) in [4.78, 5) is 11.9. The molecule has 200 valence electrons. The van der Waals surface area contributed by atoms with Crippen LogP contribution in [0, 0.1) is 17.6 Å². The number of amides is 1. The summed E-state index contributed by atoms with van der Waals surface area (Å²) in [7, 11) is 0.500. The predicted octanol–water partition coefficient (Wildman–Crippen LogP) is 4.61. The number of anilines is 1. The van der Waals surface area contributed by atoms with Crippen LogP contribution in [0.15, 0.2) is 47.4 Å². The van der Waals surface area contributed by atoms with Gasteiger partial charge in [0.2, 0.25) is 0 Å². The summed E-state index contributed by atoms with van der Waals surface area (Å²) in [6.07, 6.45) is -3.37. The lowest BCUT2D eigenvalue weighted by molar-refractivity contribution is -0.111. The highest BCUT2D eigenvalue weighted by Gasteiger charge is 2.29. The van der Waals surface area contributed by atoms with E-state index in [-0.39, 0.29) is 22.2 Å². The molecular formula is C25H38F3NO5S. The molecule has 4 atom stereocenters. The molecule has 1 amide bonds. The van der Waals surface area contributed by atoms with Crippen LogP contribution in [0.25, 0.3) is 0 Å². The Morgan fingerprint density at radius 1 is 0.886 bits per heavy atom. The summed E-state index contributed by atoms with van der Waals surface area (Å²) in [6, 6.07) is 9.22. The Bertz CT molecular complexity index is 824. The highest BCUT2D eigenvalue weighted by Crippen LogP contribution is 2.16. The third kappa shape index (κ3) is 14.1. The number of benzene rings is 2. The topological polar surface area (TPSA) is 110 Å². The molecule has 35 heavy (non-hydrogen) atoms. The molecule has 0 aliphatic carbocycles. The second-order valence-electron chi connectivity index (χ2n) is 7.79. The normalized spacial score (nSPS) is 13.5. The summed E-state index contributed by atoms with van der Waals surface area (Å²) >= 11 is 3.90. The molecule has 0 fully saturated rings. The van der Waals surface area contributed by atoms with Crippen molar-refractivity contribution >= 4 is 24.2 Å². The van der Waals surface area contributed by atoms with Crippen LogP contribution in [0.5, 0.6) is 0 Å². The van der Waals surface area contributed by atoms with Crippen molar-refractivity contribution in [2.24, 2.45) is 5.92 Å². The minimum Gasteiger partial charge on any atom is -0.391 e. The van der Waals surface area contributed by atoms with Crippen molar-refractivity contribution in [2.45, 2.75) is 70.4 Å². The Labute approximate surface area is 211 Å². The minimum absolute atomic E-state index is 0.0988. The zero-order valence-corrected chi connectivity index (χ0v) is 21.8. The van der Waals surface area contributed by atoms with Gasteiger partial charge in [-0.25, -0.2) is 8.78 Å². The van der Waals surface area contributed by atoms with Gasteiger partial charge in [-0.1, -0.05) is 34.1 Å². The average Bonchev–Trinajstić information content (AvgIpc) is 2.82. The number of alkyl halides is 1. The van der Waals surface area contributed by atoms with Crippen molar-refractivity contribution in [3.63, 3.8) is 0 Å². The van der Waals surface area contributed by atoms with Crippen molar-refractivity contribution in [2.75, 3.05) is 12.5 Å². The van der Waals surface area contributed by atoms with Gasteiger partial charge in [0, 0.05) is 16.1 Å². The van der Waals surface area contributed by atoms with Crippen LogP contribution in [-0.2, 0) is 0 Å². The van der Waals surface area contributed by atoms with E-state index in [1.54, 1.807) is 13.8 Å². The van der Waals surface area contributed by atoms with Gasteiger partial charge >= 0.3 is 0 Å². The van der Waals surface area contributed by atoms with E-state index in [0.29, 0.717) is 12.9 Å². The number of carbonyl (C=O) groups excluding carboxylic acids is 1. The maximum atomic E-state index is 13.0. The van der Waals surface area contributed by atoms with Crippen LogP contribution >= 0.6 is 12.6 Å². The lowest BCUT2D eigenvalue weighted by Gasteiger charge is -2.26. The molecule has 0 aliphatic heterocycles. The number of carbonyl (C=O) groups is 1. The molecule has 2 aromatic carbocycles. The van der Waals surface area contributed by atoms with Gasteiger partial charge in [0.1, 0.15) is 23.8 Å². The highest BCUT2D eigenvalue weighted by molar-refractivity contribution is 7.80. The Morgan fingerprint density at radius 2 is 1.37 bits per heavy atom. The first-order valence-corrected chi connectivity index (χ1v) is 11.5. The summed E-state index contributed by atoms with van der Waals surface area (Å²) in [6.45, 7) is 9.06. The van der Waals surface area contributed by atoms with Crippen LogP contribution in [0.1, 0.15) is 51.4 Å². The van der Waals surface area contributed by atoms with Gasteiger partial charge in [-0.15, -0.1) is 12.6 Å². The first-order chi connectivity index (χ1) is 16.3. The van der Waals surface area contributed by atoms with Gasteiger partial charge in [-0.3, -0.25) is 9.18 Å². The second kappa shape index (κ2) is 19.1. The van der Waals surface area contributed by atoms with Crippen molar-refractivity contribution in [3.8, 4) is 0 Å². The Kier molecular flexibility index (Phi) is 19.2. The molecule has 2 aromatic rings. The Hall–Kier alpha value is -2.11. The molecule has 0 aliphatic rings. The molecule has 0 saturated heterocycles. The standard InChI is InChI=1S/C13H9F2NOS.C8H18O4.C3H8.CH3F/c14-9-2-4-10(5-3-9)16-13(17)8-1-6-11(15)12(18)7-8;1-4(2)6(10)8(12)7(11)5(3)9;1-3-2;1-2/h1-7,18H,(H,16,17);4-12H,1-3H3;3H2,1-2H3;1H3. The second-order valence-corrected chi connectivity index (χ2v) is 8.27. The quantitative estimate of drug-likeness (QED) is 0.311. The Morgan fingerprint density at radius 3 is 1.77 bits per heavy atom. The average molecular weight is 522 g/mol. The van der Waals surface area contributed by atoms with Crippen molar-refractivity contribution < 1.29 is 38.4 Å². The molecule has 0 aromatic heterocycles. The molecule has 6 nitrogen and oxygen atoms in total. The lowest BCUT2D eigenvalue weighted by atomic mass is 9.96. The van der Waals surface area contributed by atoms with Gasteiger partial charge in [-0.05, 0) is 55.3 Å². The van der Waals surface area contributed by atoms with Crippen LogP contribution in [-0.4, -0.2) is 57.9 Å². The fourth-order valence-electron chi connectivity index (χ4n) is 2.27. The minimum atomic E-state index is -1.29. The fraction of sp³-hybridized carbons (Fsp3) is 0.480. The molecule has 10 heteroatoms. The van der Waals surface area contributed by atoms with E-state index in [9.17, 15) is 28.2 Å². The number of rotatable bonds is 6. The lowest BCUT2D eigenvalue weighted by Crippen LogP contribution is -2.45. The molecule has 0 bridgehead atoms. The summed E-state index contributed by atoms with van der Waals surface area (Å²) in [5, 5.41) is 39.2. The molecule has 4 unspecified atom stereocenters. The van der Waals surface area contributed by atoms with Crippen LogP contribution in [0.4, 0.5) is 18.9 Å². The zero-order valence-electron chi connectivity index (χ0n) is 20.9. The number of aliphatic hydroxyl groups excluding tert-OH is 4. The van der Waals surface area contributed by atoms with Gasteiger partial charge < -0.3 is 25.7 Å². The third-order valence-corrected chi connectivity index (χ3v) is 4.53. The number of aliphatic hydroxyl groups is 4. The summed E-state index contributed by atoms with van der Waals surface area (Å²) in [5.74, 6) is -1.42. The molecule has 2 rings (SSSR count). The summed E-state index contributed by atoms with van der Waals surface area (Å²) in [5.41, 5.74) is 0.747. The fourth-order valence-corrected chi connectivity index (χ4v) is 2.49. The monoisotopic (exact) mass is 521 g/mol. The van der Waals surface area contributed by atoms with E-state index in [4.69, 9.17) is 10.2 Å². The van der Waals surface area contributed by atoms with E-state index < -0.39 is 36.1 Å². The maximum absolute atomic E-state index is 13.0. The van der Waals surface area contributed by atoms with E-state index in [1.807, 2.05) is 0 Å². The first kappa shape index (κ1) is 35.1. The van der Waals surface area contributed by atoms with E-state index in [0.717, 1.165) is 0 Å². The Balaban J connectivity index is 0.